The van der Waals surface area contributed by atoms with E-state index in [4.69, 9.17) is 23.9 Å². The van der Waals surface area contributed by atoms with Gasteiger partial charge in [-0.3, -0.25) is 14.2 Å². The predicted octanol–water partition coefficient (Wildman–Crippen LogP) is 5.03. The van der Waals surface area contributed by atoms with Gasteiger partial charge in [0.15, 0.2) is 16.3 Å². The number of esters is 2. The summed E-state index contributed by atoms with van der Waals surface area (Å²) in [5.74, 6) is 0.122. The first kappa shape index (κ1) is 31.0. The second-order valence-corrected chi connectivity index (χ2v) is 11.4. The second kappa shape index (κ2) is 13.4. The number of aromatic nitrogens is 1. The Morgan fingerprint density at radius 1 is 1.05 bits per heavy atom. The van der Waals surface area contributed by atoms with Crippen molar-refractivity contribution >= 4 is 51.0 Å². The summed E-state index contributed by atoms with van der Waals surface area (Å²) in [6.07, 6.45) is 1.72. The number of methoxy groups -OCH3 is 1. The molecule has 0 spiro atoms. The maximum absolute atomic E-state index is 14.2. The average Bonchev–Trinajstić information content (AvgIpc) is 3.32. The molecule has 2 heterocycles. The molecule has 9 nitrogen and oxygen atoms in total. The van der Waals surface area contributed by atoms with Crippen LogP contribution in [-0.2, 0) is 14.3 Å². The third-order valence-corrected chi connectivity index (χ3v) is 8.23. The van der Waals surface area contributed by atoms with E-state index < -0.39 is 18.0 Å². The molecule has 1 aliphatic rings. The van der Waals surface area contributed by atoms with E-state index in [1.54, 1.807) is 44.4 Å². The van der Waals surface area contributed by atoms with Gasteiger partial charge in [0.25, 0.3) is 5.56 Å². The number of hydrogen-bond acceptors (Lipinski definition) is 9. The van der Waals surface area contributed by atoms with Crippen LogP contribution in [-0.4, -0.2) is 36.8 Å². The molecule has 11 heteroatoms. The van der Waals surface area contributed by atoms with Crippen molar-refractivity contribution in [1.29, 1.82) is 0 Å². The summed E-state index contributed by atoms with van der Waals surface area (Å²) in [4.78, 5) is 44.8. The van der Waals surface area contributed by atoms with E-state index in [0.717, 1.165) is 0 Å². The minimum atomic E-state index is -0.838. The normalized spacial score (nSPS) is 14.5. The summed E-state index contributed by atoms with van der Waals surface area (Å²) in [6, 6.07) is 19.2. The highest BCUT2D eigenvalue weighted by Gasteiger charge is 2.35. The lowest BCUT2D eigenvalue weighted by Crippen LogP contribution is -2.40. The number of fused-ring (bicyclic) bond motifs is 1. The summed E-state index contributed by atoms with van der Waals surface area (Å²) >= 11 is 4.67. The van der Waals surface area contributed by atoms with Crippen molar-refractivity contribution in [2.45, 2.75) is 26.8 Å². The lowest BCUT2D eigenvalue weighted by atomic mass is 9.93. The fourth-order valence-corrected chi connectivity index (χ4v) is 6.44. The van der Waals surface area contributed by atoms with Crippen molar-refractivity contribution in [2.24, 2.45) is 4.99 Å². The van der Waals surface area contributed by atoms with Crippen molar-refractivity contribution < 1.29 is 28.5 Å². The van der Waals surface area contributed by atoms with E-state index in [9.17, 15) is 14.4 Å². The van der Waals surface area contributed by atoms with Crippen molar-refractivity contribution in [3.63, 3.8) is 0 Å². The molecule has 0 radical (unpaired) electrons. The Labute approximate surface area is 265 Å². The number of carbonyl (C=O) groups is 2. The van der Waals surface area contributed by atoms with Gasteiger partial charge >= 0.3 is 11.9 Å². The van der Waals surface area contributed by atoms with E-state index in [1.165, 1.54) is 22.8 Å². The van der Waals surface area contributed by atoms with E-state index in [-0.39, 0.29) is 23.5 Å². The highest BCUT2D eigenvalue weighted by atomic mass is 79.9. The maximum Gasteiger partial charge on any atom is 0.338 e. The number of benzene rings is 3. The third-order valence-electron chi connectivity index (χ3n) is 6.66. The number of rotatable bonds is 9. The monoisotopic (exact) mass is 676 g/mol. The van der Waals surface area contributed by atoms with E-state index >= 15 is 0 Å². The molecular weight excluding hydrogens is 648 g/mol. The molecule has 0 bridgehead atoms. The Morgan fingerprint density at radius 2 is 1.82 bits per heavy atom. The summed E-state index contributed by atoms with van der Waals surface area (Å²) in [6.45, 7) is 5.35. The van der Waals surface area contributed by atoms with Gasteiger partial charge in [-0.25, -0.2) is 9.79 Å². The first-order valence-corrected chi connectivity index (χ1v) is 15.4. The van der Waals surface area contributed by atoms with Gasteiger partial charge in [0.2, 0.25) is 0 Å². The number of halogens is 1. The Balaban J connectivity index is 1.79. The molecule has 1 aromatic heterocycles. The lowest BCUT2D eigenvalue weighted by molar-refractivity contribution is -0.139. The van der Waals surface area contributed by atoms with Crippen LogP contribution >= 0.6 is 27.3 Å². The van der Waals surface area contributed by atoms with Crippen LogP contribution in [0.5, 0.6) is 17.2 Å². The quantitative estimate of drug-likeness (QED) is 0.181. The fourth-order valence-electron chi connectivity index (χ4n) is 4.90. The minimum absolute atomic E-state index is 0.153. The number of hydrogen-bond donors (Lipinski definition) is 0. The van der Waals surface area contributed by atoms with Crippen LogP contribution in [0.1, 0.15) is 43.5 Å². The first-order chi connectivity index (χ1) is 21.2. The van der Waals surface area contributed by atoms with Gasteiger partial charge in [-0.1, -0.05) is 53.8 Å². The first-order valence-electron chi connectivity index (χ1n) is 13.8. The van der Waals surface area contributed by atoms with Gasteiger partial charge in [-0.05, 0) is 71.2 Å². The molecule has 44 heavy (non-hydrogen) atoms. The average molecular weight is 678 g/mol. The largest absolute Gasteiger partial charge is 0.497 e. The molecule has 4 aromatic rings. The zero-order valence-electron chi connectivity index (χ0n) is 24.5. The van der Waals surface area contributed by atoms with Gasteiger partial charge < -0.3 is 18.9 Å². The Kier molecular flexibility index (Phi) is 9.46. The molecular formula is C33H29BrN2O7S. The summed E-state index contributed by atoms with van der Waals surface area (Å²) in [5, 5.41) is 0. The summed E-state index contributed by atoms with van der Waals surface area (Å²) in [7, 11) is 1.56. The fraction of sp³-hybridized carbons (Fsp3) is 0.212. The van der Waals surface area contributed by atoms with Gasteiger partial charge in [0.1, 0.15) is 5.75 Å². The number of thiazole rings is 1. The number of nitrogens with zero attached hydrogens (tertiary/aromatic N) is 2. The molecule has 1 aliphatic heterocycles. The van der Waals surface area contributed by atoms with Gasteiger partial charge in [0, 0.05) is 12.5 Å². The zero-order chi connectivity index (χ0) is 31.4. The highest BCUT2D eigenvalue weighted by Crippen LogP contribution is 2.38. The molecule has 5 rings (SSSR count). The predicted molar refractivity (Wildman–Crippen MR) is 171 cm³/mol. The topological polar surface area (TPSA) is 105 Å². The SMILES string of the molecule is CCOC(=O)C1=C(c2ccccc2)N=c2s/c(=C\c3cc(Br)c(OC(C)=O)c(OCC)c3)c(=O)n2[C@@H]1c1cccc(OC)c1. The highest BCUT2D eigenvalue weighted by molar-refractivity contribution is 9.10. The van der Waals surface area contributed by atoms with Gasteiger partial charge in [-0.2, -0.15) is 0 Å². The molecule has 3 aromatic carbocycles. The van der Waals surface area contributed by atoms with Crippen LogP contribution in [0.15, 0.2) is 86.6 Å². The van der Waals surface area contributed by atoms with E-state index in [1.807, 2.05) is 49.4 Å². The van der Waals surface area contributed by atoms with Crippen LogP contribution in [0.2, 0.25) is 0 Å². The molecule has 0 saturated carbocycles. The van der Waals surface area contributed by atoms with E-state index in [0.29, 0.717) is 54.3 Å². The Bertz CT molecular complexity index is 1950. The molecule has 0 unspecified atom stereocenters. The lowest BCUT2D eigenvalue weighted by Gasteiger charge is -2.26. The van der Waals surface area contributed by atoms with Crippen LogP contribution in [0.25, 0.3) is 11.8 Å². The Morgan fingerprint density at radius 3 is 2.50 bits per heavy atom. The van der Waals surface area contributed by atoms with Crippen LogP contribution in [0, 0.1) is 0 Å². The van der Waals surface area contributed by atoms with E-state index in [2.05, 4.69) is 15.9 Å². The minimum Gasteiger partial charge on any atom is -0.497 e. The van der Waals surface area contributed by atoms with Crippen LogP contribution in [0.4, 0.5) is 0 Å². The second-order valence-electron chi connectivity index (χ2n) is 9.56. The molecule has 0 amide bonds. The third kappa shape index (κ3) is 6.24. The zero-order valence-corrected chi connectivity index (χ0v) is 26.9. The van der Waals surface area contributed by atoms with Crippen LogP contribution < -0.4 is 29.1 Å². The molecule has 0 aliphatic carbocycles. The van der Waals surface area contributed by atoms with Crippen molar-refractivity contribution in [3.8, 4) is 17.2 Å². The molecule has 0 N–H and O–H groups in total. The summed E-state index contributed by atoms with van der Waals surface area (Å²) in [5.41, 5.74) is 2.35. The summed E-state index contributed by atoms with van der Waals surface area (Å²) < 4.78 is 24.5. The van der Waals surface area contributed by atoms with Crippen molar-refractivity contribution in [2.75, 3.05) is 20.3 Å². The van der Waals surface area contributed by atoms with Gasteiger partial charge in [0.05, 0.1) is 46.6 Å². The van der Waals surface area contributed by atoms with Crippen LogP contribution in [0.3, 0.4) is 0 Å². The number of carbonyl (C=O) groups excluding carboxylic acids is 2. The molecule has 0 saturated heterocycles. The molecule has 0 fully saturated rings. The standard InChI is InChI=1S/C33H29BrN2O7S/c1-5-41-25-16-20(15-24(34)30(25)43-19(3)37)17-26-31(38)36-29(22-13-10-14-23(18-22)40-4)27(32(39)42-6-2)28(35-33(36)44-26)21-11-8-7-9-12-21/h7-18,29H,5-6H2,1-4H3/b26-17-/t29-/m1/s1. The maximum atomic E-state index is 14.2. The van der Waals surface area contributed by atoms with Crippen molar-refractivity contribution in [1.82, 2.24) is 4.57 Å². The molecule has 1 atom stereocenters. The molecule has 226 valence electrons. The number of ether oxygens (including phenoxy) is 4. The smallest absolute Gasteiger partial charge is 0.338 e. The Hall–Kier alpha value is -4.48. The van der Waals surface area contributed by atoms with Crippen molar-refractivity contribution in [3.05, 3.63) is 113 Å². The van der Waals surface area contributed by atoms with Gasteiger partial charge in [-0.15, -0.1) is 0 Å².